The molecule has 1 aromatic rings. The van der Waals surface area contributed by atoms with Gasteiger partial charge in [-0.25, -0.2) is 4.39 Å². The zero-order valence-electron chi connectivity index (χ0n) is 10.6. The summed E-state index contributed by atoms with van der Waals surface area (Å²) < 4.78 is 40.6. The van der Waals surface area contributed by atoms with E-state index in [4.69, 9.17) is 5.11 Å². The Morgan fingerprint density at radius 1 is 1.45 bits per heavy atom. The summed E-state index contributed by atoms with van der Waals surface area (Å²) in [6.07, 6.45) is 0.947. The van der Waals surface area contributed by atoms with Crippen molar-refractivity contribution in [2.75, 3.05) is 17.8 Å². The highest BCUT2D eigenvalue weighted by atomic mass is 32.2. The van der Waals surface area contributed by atoms with E-state index in [1.807, 2.05) is 0 Å². The number of hydrogen-bond acceptors (Lipinski definition) is 3. The number of anilines is 1. The van der Waals surface area contributed by atoms with Gasteiger partial charge in [0, 0.05) is 13.1 Å². The molecule has 0 amide bonds. The molecule has 2 rings (SSSR count). The third-order valence-corrected chi connectivity index (χ3v) is 4.65. The number of halogens is 1. The highest BCUT2D eigenvalue weighted by Crippen LogP contribution is 2.21. The highest BCUT2D eigenvalue weighted by Gasteiger charge is 2.32. The van der Waals surface area contributed by atoms with Gasteiger partial charge in [-0.1, -0.05) is 6.07 Å². The van der Waals surface area contributed by atoms with Crippen molar-refractivity contribution in [3.63, 3.8) is 0 Å². The van der Waals surface area contributed by atoms with E-state index in [-0.39, 0.29) is 18.8 Å². The minimum absolute atomic E-state index is 0.0695. The van der Waals surface area contributed by atoms with E-state index in [9.17, 15) is 17.6 Å². The van der Waals surface area contributed by atoms with Crippen molar-refractivity contribution in [1.29, 1.82) is 0 Å². The van der Waals surface area contributed by atoms with Crippen molar-refractivity contribution in [3.8, 4) is 0 Å². The van der Waals surface area contributed by atoms with Crippen molar-refractivity contribution in [2.24, 2.45) is 5.92 Å². The molecule has 6 nitrogen and oxygen atoms in total. The predicted octanol–water partition coefficient (Wildman–Crippen LogP) is 1.28. The number of nitrogens with one attached hydrogen (secondary N) is 1. The van der Waals surface area contributed by atoms with E-state index in [2.05, 4.69) is 4.72 Å². The van der Waals surface area contributed by atoms with Crippen LogP contribution in [0.4, 0.5) is 10.1 Å². The fraction of sp³-hybridized carbons (Fsp3) is 0.417. The van der Waals surface area contributed by atoms with Crippen LogP contribution in [0.3, 0.4) is 0 Å². The van der Waals surface area contributed by atoms with Crippen LogP contribution < -0.4 is 4.72 Å². The van der Waals surface area contributed by atoms with Crippen molar-refractivity contribution in [3.05, 3.63) is 30.1 Å². The number of piperidine rings is 1. The second-order valence-electron chi connectivity index (χ2n) is 4.65. The summed E-state index contributed by atoms with van der Waals surface area (Å²) in [6.45, 7) is 0.189. The number of carboxylic acids is 1. The number of carboxylic acid groups (broad SMARTS) is 1. The molecule has 0 saturated carbocycles. The maximum Gasteiger partial charge on any atom is 0.307 e. The van der Waals surface area contributed by atoms with Crippen LogP contribution in [0.1, 0.15) is 12.8 Å². The van der Waals surface area contributed by atoms with Gasteiger partial charge in [0.2, 0.25) is 0 Å². The van der Waals surface area contributed by atoms with Crippen LogP contribution in [0.5, 0.6) is 0 Å². The Kier molecular flexibility index (Phi) is 4.24. The van der Waals surface area contributed by atoms with E-state index >= 15 is 0 Å². The van der Waals surface area contributed by atoms with Gasteiger partial charge in [0.05, 0.1) is 11.6 Å². The zero-order valence-corrected chi connectivity index (χ0v) is 11.4. The summed E-state index contributed by atoms with van der Waals surface area (Å²) in [5.41, 5.74) is 0.113. The summed E-state index contributed by atoms with van der Waals surface area (Å²) in [5.74, 6) is -2.25. The summed E-state index contributed by atoms with van der Waals surface area (Å²) in [7, 11) is -3.87. The molecule has 0 aliphatic carbocycles. The van der Waals surface area contributed by atoms with Gasteiger partial charge in [-0.3, -0.25) is 9.52 Å². The molecule has 1 atom stereocenters. The monoisotopic (exact) mass is 302 g/mol. The van der Waals surface area contributed by atoms with Gasteiger partial charge in [0.1, 0.15) is 5.82 Å². The van der Waals surface area contributed by atoms with Crippen molar-refractivity contribution < 1.29 is 22.7 Å². The lowest BCUT2D eigenvalue weighted by Crippen LogP contribution is -2.44. The van der Waals surface area contributed by atoms with E-state index in [0.717, 1.165) is 10.4 Å². The molecule has 0 bridgehead atoms. The smallest absolute Gasteiger partial charge is 0.307 e. The molecule has 0 radical (unpaired) electrons. The van der Waals surface area contributed by atoms with Crippen LogP contribution in [-0.4, -0.2) is 36.9 Å². The Morgan fingerprint density at radius 3 is 2.85 bits per heavy atom. The fourth-order valence-corrected chi connectivity index (χ4v) is 3.43. The molecule has 8 heteroatoms. The van der Waals surface area contributed by atoms with Crippen LogP contribution in [0.25, 0.3) is 0 Å². The normalized spacial score (nSPS) is 20.6. The Labute approximate surface area is 116 Å². The predicted molar refractivity (Wildman–Crippen MR) is 70.9 cm³/mol. The van der Waals surface area contributed by atoms with Crippen LogP contribution in [-0.2, 0) is 15.0 Å². The molecule has 1 unspecified atom stereocenters. The summed E-state index contributed by atoms with van der Waals surface area (Å²) in [6, 6.07) is 5.10. The van der Waals surface area contributed by atoms with Gasteiger partial charge in [-0.2, -0.15) is 12.7 Å². The minimum atomic E-state index is -3.87. The van der Waals surface area contributed by atoms with Gasteiger partial charge in [-0.15, -0.1) is 0 Å². The molecule has 110 valence electrons. The van der Waals surface area contributed by atoms with Gasteiger partial charge in [0.15, 0.2) is 0 Å². The number of rotatable bonds is 4. The van der Waals surface area contributed by atoms with Gasteiger partial charge >= 0.3 is 16.2 Å². The Bertz CT molecular complexity index is 605. The number of carbonyl (C=O) groups is 1. The molecule has 2 N–H and O–H groups in total. The maximum absolute atomic E-state index is 13.0. The average molecular weight is 302 g/mol. The number of nitrogens with zero attached hydrogens (tertiary/aromatic N) is 1. The summed E-state index contributed by atoms with van der Waals surface area (Å²) >= 11 is 0. The van der Waals surface area contributed by atoms with Crippen LogP contribution in [0.15, 0.2) is 24.3 Å². The molecule has 1 aliphatic heterocycles. The van der Waals surface area contributed by atoms with Gasteiger partial charge < -0.3 is 5.11 Å². The zero-order chi connectivity index (χ0) is 14.8. The van der Waals surface area contributed by atoms with Crippen molar-refractivity contribution in [1.82, 2.24) is 4.31 Å². The Morgan fingerprint density at radius 2 is 2.20 bits per heavy atom. The first-order valence-corrected chi connectivity index (χ1v) is 7.59. The van der Waals surface area contributed by atoms with Gasteiger partial charge in [0.25, 0.3) is 0 Å². The summed E-state index contributed by atoms with van der Waals surface area (Å²) in [4.78, 5) is 10.9. The molecule has 1 fully saturated rings. The van der Waals surface area contributed by atoms with Gasteiger partial charge in [-0.05, 0) is 31.0 Å². The lowest BCUT2D eigenvalue weighted by Gasteiger charge is -2.29. The lowest BCUT2D eigenvalue weighted by molar-refractivity contribution is -0.142. The molecule has 1 aromatic carbocycles. The fourth-order valence-electron chi connectivity index (χ4n) is 2.13. The summed E-state index contributed by atoms with van der Waals surface area (Å²) in [5, 5.41) is 8.96. The molecular weight excluding hydrogens is 287 g/mol. The number of hydrogen-bond donors (Lipinski definition) is 2. The molecule has 0 aromatic heterocycles. The van der Waals surface area contributed by atoms with E-state index in [1.165, 1.54) is 18.2 Å². The second kappa shape index (κ2) is 5.76. The first-order valence-electron chi connectivity index (χ1n) is 6.15. The maximum atomic E-state index is 13.0. The SMILES string of the molecule is O=C(O)C1CCCN(S(=O)(=O)Nc2cccc(F)c2)C1. The molecular formula is C12H15FN2O4S. The minimum Gasteiger partial charge on any atom is -0.481 e. The van der Waals surface area contributed by atoms with Crippen LogP contribution >= 0.6 is 0 Å². The van der Waals surface area contributed by atoms with Crippen molar-refractivity contribution in [2.45, 2.75) is 12.8 Å². The first-order chi connectivity index (χ1) is 9.38. The molecule has 1 aliphatic rings. The largest absolute Gasteiger partial charge is 0.481 e. The molecule has 20 heavy (non-hydrogen) atoms. The van der Waals surface area contributed by atoms with E-state index in [1.54, 1.807) is 0 Å². The molecule has 1 saturated heterocycles. The third-order valence-electron chi connectivity index (χ3n) is 3.14. The average Bonchev–Trinajstić information content (AvgIpc) is 2.38. The Hall–Kier alpha value is -1.67. The van der Waals surface area contributed by atoms with Crippen LogP contribution in [0, 0.1) is 11.7 Å². The van der Waals surface area contributed by atoms with E-state index < -0.39 is 27.9 Å². The highest BCUT2D eigenvalue weighted by molar-refractivity contribution is 7.90. The van der Waals surface area contributed by atoms with Crippen LogP contribution in [0.2, 0.25) is 0 Å². The Balaban J connectivity index is 2.12. The molecule has 0 spiro atoms. The number of aliphatic carboxylic acids is 1. The molecule has 1 heterocycles. The second-order valence-corrected chi connectivity index (χ2v) is 6.32. The number of benzene rings is 1. The van der Waals surface area contributed by atoms with Crippen molar-refractivity contribution >= 4 is 21.9 Å². The quantitative estimate of drug-likeness (QED) is 0.877. The lowest BCUT2D eigenvalue weighted by atomic mass is 10.0. The standard InChI is InChI=1S/C12H15FN2O4S/c13-10-4-1-5-11(7-10)14-20(18,19)15-6-2-3-9(8-15)12(16)17/h1,4-5,7,9,14H,2-3,6,8H2,(H,16,17). The topological polar surface area (TPSA) is 86.7 Å². The first kappa shape index (κ1) is 14.7. The van der Waals surface area contributed by atoms with E-state index in [0.29, 0.717) is 12.8 Å². The third kappa shape index (κ3) is 3.45.